The molecule has 0 spiro atoms. The topological polar surface area (TPSA) is 227 Å². The molecule has 2 aliphatic rings. The Labute approximate surface area is 228 Å². The summed E-state index contributed by atoms with van der Waals surface area (Å²) in [6, 6.07) is 1.30. The number of allylic oxidation sites excluding steroid dienone is 1. The van der Waals surface area contributed by atoms with Crippen molar-refractivity contribution in [3.63, 3.8) is 0 Å². The molecule has 1 saturated heterocycles. The number of aromatic nitrogens is 1. The van der Waals surface area contributed by atoms with Gasteiger partial charge in [0.25, 0.3) is 0 Å². The van der Waals surface area contributed by atoms with Crippen molar-refractivity contribution in [3.8, 4) is 0 Å². The third-order valence-electron chi connectivity index (χ3n) is 6.53. The number of aliphatic carboxylic acids is 2. The van der Waals surface area contributed by atoms with Crippen LogP contribution in [0.4, 0.5) is 0 Å². The van der Waals surface area contributed by atoms with E-state index >= 15 is 0 Å². The number of hydrogen-bond donors (Lipinski definition) is 6. The van der Waals surface area contributed by atoms with E-state index in [-0.39, 0.29) is 30.5 Å². The standard InChI is InChI=1S/C26H31NO13/c1-2-15-16(6-5-13-8-14(23(34)35)10-27(9-13)7-3-4-19(29)30)17(24(36)37)12-38-25(15)40-26-22(33)21(32)20(31)18(11-28)39-26/h2,5-6,8-10,12,15-16,18,20-22,25-26,28,31-33H,1,3-4,7,11H2,(H2-,29,30,34,35,36,37). The fraction of sp³-hybridized carbons (Fsp3) is 0.462. The van der Waals surface area contributed by atoms with Gasteiger partial charge in [0.05, 0.1) is 42.3 Å². The first-order valence-electron chi connectivity index (χ1n) is 12.3. The van der Waals surface area contributed by atoms with Gasteiger partial charge in [0, 0.05) is 17.9 Å². The molecule has 8 atom stereocenters. The maximum atomic E-state index is 12.0. The Bertz CT molecular complexity index is 1160. The Hall–Kier alpha value is -3.66. The van der Waals surface area contributed by atoms with Gasteiger partial charge >= 0.3 is 11.9 Å². The number of aliphatic hydroxyl groups is 4. The number of carboxylic acids is 3. The van der Waals surface area contributed by atoms with Crippen molar-refractivity contribution in [3.05, 3.63) is 60.2 Å². The zero-order valence-corrected chi connectivity index (χ0v) is 21.2. The lowest BCUT2D eigenvalue weighted by Crippen LogP contribution is -2.60. The first-order valence-corrected chi connectivity index (χ1v) is 12.3. The molecule has 1 aromatic rings. The normalized spacial score (nSPS) is 30.4. The zero-order valence-electron chi connectivity index (χ0n) is 21.2. The van der Waals surface area contributed by atoms with Crippen LogP contribution in [0.3, 0.4) is 0 Å². The molecule has 3 rings (SSSR count). The van der Waals surface area contributed by atoms with Gasteiger partial charge in [0.2, 0.25) is 6.29 Å². The number of carbonyl (C=O) groups is 3. The smallest absolute Gasteiger partial charge is 0.335 e. The van der Waals surface area contributed by atoms with Gasteiger partial charge in [-0.3, -0.25) is 4.79 Å². The quantitative estimate of drug-likeness (QED) is 0.117. The molecular formula is C26H31NO13. The van der Waals surface area contributed by atoms with Gasteiger partial charge < -0.3 is 54.8 Å². The zero-order chi connectivity index (χ0) is 29.6. The lowest BCUT2D eigenvalue weighted by atomic mass is 9.83. The number of rotatable bonds is 12. The van der Waals surface area contributed by atoms with E-state index in [9.17, 15) is 45.0 Å². The van der Waals surface area contributed by atoms with Crippen LogP contribution in [0.25, 0.3) is 6.08 Å². The average molecular weight is 566 g/mol. The molecule has 2 aliphatic heterocycles. The molecule has 0 aromatic carbocycles. The van der Waals surface area contributed by atoms with Gasteiger partial charge in [-0.05, 0) is 6.07 Å². The number of hydrogen-bond acceptors (Lipinski definition) is 11. The van der Waals surface area contributed by atoms with Crippen LogP contribution in [-0.4, -0.2) is 92.1 Å². The second kappa shape index (κ2) is 13.6. The monoisotopic (exact) mass is 565 g/mol. The molecule has 218 valence electrons. The minimum absolute atomic E-state index is 0.126. The van der Waals surface area contributed by atoms with Crippen molar-refractivity contribution in [2.24, 2.45) is 11.8 Å². The Morgan fingerprint density at radius 3 is 2.42 bits per heavy atom. The minimum Gasteiger partial charge on any atom is -0.545 e. The van der Waals surface area contributed by atoms with Crippen molar-refractivity contribution < 1.29 is 68.9 Å². The van der Waals surface area contributed by atoms with Crippen LogP contribution >= 0.6 is 0 Å². The highest BCUT2D eigenvalue weighted by atomic mass is 16.8. The van der Waals surface area contributed by atoms with Crippen LogP contribution in [0.5, 0.6) is 0 Å². The van der Waals surface area contributed by atoms with Crippen LogP contribution in [-0.2, 0) is 30.3 Å². The molecule has 14 nitrogen and oxygen atoms in total. The first kappa shape index (κ1) is 30.9. The Kier molecular flexibility index (Phi) is 10.5. The first-order chi connectivity index (χ1) is 19.0. The highest BCUT2D eigenvalue weighted by Gasteiger charge is 2.47. The molecule has 1 fully saturated rings. The predicted octanol–water partition coefficient (Wildman–Crippen LogP) is -2.22. The van der Waals surface area contributed by atoms with E-state index < -0.39 is 73.3 Å². The summed E-state index contributed by atoms with van der Waals surface area (Å²) in [5.41, 5.74) is -0.0230. The molecule has 0 aliphatic carbocycles. The summed E-state index contributed by atoms with van der Waals surface area (Å²) in [5, 5.41) is 69.9. The number of ether oxygens (including phenoxy) is 3. The fourth-order valence-corrected chi connectivity index (χ4v) is 4.42. The highest BCUT2D eigenvalue weighted by molar-refractivity contribution is 5.88. The summed E-state index contributed by atoms with van der Waals surface area (Å²) in [4.78, 5) is 34.3. The molecule has 8 unspecified atom stereocenters. The molecule has 0 amide bonds. The molecule has 40 heavy (non-hydrogen) atoms. The van der Waals surface area contributed by atoms with Gasteiger partial charge in [-0.25, -0.2) is 9.36 Å². The predicted molar refractivity (Wildman–Crippen MR) is 129 cm³/mol. The summed E-state index contributed by atoms with van der Waals surface area (Å²) in [6.07, 6.45) is -0.947. The van der Waals surface area contributed by atoms with Gasteiger partial charge in [-0.2, -0.15) is 0 Å². The van der Waals surface area contributed by atoms with Crippen LogP contribution < -0.4 is 9.67 Å². The number of carbonyl (C=O) groups excluding carboxylic acids is 1. The molecule has 0 radical (unpaired) electrons. The molecule has 0 bridgehead atoms. The van der Waals surface area contributed by atoms with Crippen molar-refractivity contribution in [1.82, 2.24) is 0 Å². The molecule has 0 saturated carbocycles. The van der Waals surface area contributed by atoms with Crippen LogP contribution in [0.15, 0.2) is 49.0 Å². The maximum absolute atomic E-state index is 12.0. The molecule has 3 heterocycles. The number of nitrogens with zero attached hydrogens (tertiary/aromatic N) is 1. The van der Waals surface area contributed by atoms with Crippen molar-refractivity contribution in [1.29, 1.82) is 0 Å². The van der Waals surface area contributed by atoms with Gasteiger partial charge in [-0.1, -0.05) is 18.2 Å². The second-order valence-corrected chi connectivity index (χ2v) is 9.29. The van der Waals surface area contributed by atoms with Gasteiger partial charge in [-0.15, -0.1) is 6.58 Å². The molecule has 14 heteroatoms. The molecular weight excluding hydrogens is 534 g/mol. The number of aryl methyl sites for hydroxylation is 1. The Balaban J connectivity index is 1.88. The van der Waals surface area contributed by atoms with Crippen molar-refractivity contribution >= 4 is 24.0 Å². The van der Waals surface area contributed by atoms with Crippen molar-refractivity contribution in [2.75, 3.05) is 6.61 Å². The largest absolute Gasteiger partial charge is 0.545 e. The fourth-order valence-electron chi connectivity index (χ4n) is 4.42. The molecule has 1 aromatic heterocycles. The molecule has 6 N–H and O–H groups in total. The summed E-state index contributed by atoms with van der Waals surface area (Å²) in [5.74, 6) is -5.62. The number of aromatic carboxylic acids is 1. The van der Waals surface area contributed by atoms with Crippen LogP contribution in [0.2, 0.25) is 0 Å². The minimum atomic E-state index is -1.73. The van der Waals surface area contributed by atoms with Crippen molar-refractivity contribution in [2.45, 2.75) is 56.4 Å². The number of aliphatic hydroxyl groups excluding tert-OH is 4. The average Bonchev–Trinajstić information content (AvgIpc) is 2.91. The van der Waals surface area contributed by atoms with Crippen LogP contribution in [0, 0.1) is 11.8 Å². The van der Waals surface area contributed by atoms with Crippen LogP contribution in [0.1, 0.15) is 28.8 Å². The van der Waals surface area contributed by atoms with E-state index in [1.165, 1.54) is 35.1 Å². The SMILES string of the molecule is C=CC1C(OC2OC(CO)C(O)C(O)C2O)OC=C(C(=O)O)C1C=Cc1cc(C(=O)[O-])c[n+](CCCC(=O)O)c1. The van der Waals surface area contributed by atoms with E-state index in [4.69, 9.17) is 19.3 Å². The highest BCUT2D eigenvalue weighted by Crippen LogP contribution is 2.36. The lowest BCUT2D eigenvalue weighted by Gasteiger charge is -2.42. The van der Waals surface area contributed by atoms with E-state index in [2.05, 4.69) is 6.58 Å². The maximum Gasteiger partial charge on any atom is 0.335 e. The third kappa shape index (κ3) is 7.29. The van der Waals surface area contributed by atoms with E-state index in [0.717, 1.165) is 6.26 Å². The summed E-state index contributed by atoms with van der Waals surface area (Å²) < 4.78 is 18.0. The van der Waals surface area contributed by atoms with E-state index in [0.29, 0.717) is 5.56 Å². The summed E-state index contributed by atoms with van der Waals surface area (Å²) in [7, 11) is 0. The third-order valence-corrected chi connectivity index (χ3v) is 6.53. The number of carboxylic acid groups (broad SMARTS) is 3. The van der Waals surface area contributed by atoms with E-state index in [1.807, 2.05) is 0 Å². The van der Waals surface area contributed by atoms with Gasteiger partial charge in [0.1, 0.15) is 31.0 Å². The van der Waals surface area contributed by atoms with Gasteiger partial charge in [0.15, 0.2) is 18.7 Å². The second-order valence-electron chi connectivity index (χ2n) is 9.29. The number of pyridine rings is 1. The Morgan fingerprint density at radius 2 is 1.82 bits per heavy atom. The Morgan fingerprint density at radius 1 is 1.10 bits per heavy atom. The van der Waals surface area contributed by atoms with E-state index in [1.54, 1.807) is 6.20 Å². The lowest BCUT2D eigenvalue weighted by molar-refractivity contribution is -0.697. The summed E-state index contributed by atoms with van der Waals surface area (Å²) in [6.45, 7) is 3.24. The summed E-state index contributed by atoms with van der Waals surface area (Å²) >= 11 is 0.